The molecule has 1 amide bonds. The number of ether oxygens (including phenoxy) is 1. The van der Waals surface area contributed by atoms with Crippen molar-refractivity contribution in [3.63, 3.8) is 0 Å². The lowest BCUT2D eigenvalue weighted by Gasteiger charge is -2.70. The summed E-state index contributed by atoms with van der Waals surface area (Å²) in [7, 11) is 0. The number of halogens is 1. The Morgan fingerprint density at radius 3 is 2.55 bits per heavy atom. The molecule has 0 aliphatic heterocycles. The smallest absolute Gasteiger partial charge is 0.408 e. The molecule has 4 rings (SSSR count). The van der Waals surface area contributed by atoms with Crippen LogP contribution in [0.4, 0.5) is 9.18 Å². The zero-order chi connectivity index (χ0) is 16.0. The van der Waals surface area contributed by atoms with Gasteiger partial charge in [-0.3, -0.25) is 0 Å². The van der Waals surface area contributed by atoms with Crippen molar-refractivity contribution in [2.75, 3.05) is 0 Å². The lowest BCUT2D eigenvalue weighted by molar-refractivity contribution is -0.105. The van der Waals surface area contributed by atoms with Crippen molar-refractivity contribution >= 4 is 6.09 Å². The monoisotopic (exact) mass is 306 g/mol. The number of amides is 1. The highest BCUT2D eigenvalue weighted by molar-refractivity contribution is 5.70. The van der Waals surface area contributed by atoms with Crippen molar-refractivity contribution in [1.29, 1.82) is 0 Å². The zero-order valence-corrected chi connectivity index (χ0v) is 13.3. The van der Waals surface area contributed by atoms with Crippen molar-refractivity contribution < 1.29 is 13.9 Å². The van der Waals surface area contributed by atoms with Crippen LogP contribution in [0.1, 0.15) is 45.6 Å². The molecule has 0 spiro atoms. The predicted molar refractivity (Wildman–Crippen MR) is 81.9 cm³/mol. The van der Waals surface area contributed by atoms with Gasteiger partial charge < -0.3 is 15.4 Å². The second-order valence-corrected chi connectivity index (χ2v) is 7.70. The first-order chi connectivity index (χ1) is 10.2. The molecule has 0 saturated heterocycles. The van der Waals surface area contributed by atoms with E-state index in [-0.39, 0.29) is 23.0 Å². The molecule has 0 unspecified atom stereocenters. The standard InChI is InChI=1S/C17H23FN2O2/c1-15(2,3)22-14(21)20-17-9-16(10-17,11-17)19-8-12-5-4-6-13(18)7-12/h4-7,19H,8-11H2,1-3H3,(H,20,21). The molecule has 3 aliphatic carbocycles. The van der Waals surface area contributed by atoms with E-state index >= 15 is 0 Å². The Balaban J connectivity index is 1.45. The van der Waals surface area contributed by atoms with Crippen LogP contribution in [-0.4, -0.2) is 22.8 Å². The number of hydrogen-bond acceptors (Lipinski definition) is 3. The van der Waals surface area contributed by atoms with E-state index in [4.69, 9.17) is 4.74 Å². The summed E-state index contributed by atoms with van der Waals surface area (Å²) in [5, 5.41) is 6.48. The van der Waals surface area contributed by atoms with E-state index in [0.29, 0.717) is 6.54 Å². The maximum Gasteiger partial charge on any atom is 0.408 e. The molecule has 0 aromatic heterocycles. The number of carbonyl (C=O) groups is 1. The summed E-state index contributed by atoms with van der Waals surface area (Å²) >= 11 is 0. The molecule has 1 aromatic carbocycles. The van der Waals surface area contributed by atoms with Gasteiger partial charge in [-0.15, -0.1) is 0 Å². The Kier molecular flexibility index (Phi) is 3.44. The first-order valence-corrected chi connectivity index (χ1v) is 7.70. The summed E-state index contributed by atoms with van der Waals surface area (Å²) < 4.78 is 18.4. The fourth-order valence-electron chi connectivity index (χ4n) is 3.56. The van der Waals surface area contributed by atoms with Crippen LogP contribution < -0.4 is 10.6 Å². The van der Waals surface area contributed by atoms with Crippen LogP contribution in [-0.2, 0) is 11.3 Å². The van der Waals surface area contributed by atoms with Crippen LogP contribution in [0.2, 0.25) is 0 Å². The number of carbonyl (C=O) groups excluding carboxylic acids is 1. The molecule has 4 nitrogen and oxygen atoms in total. The molecule has 3 aliphatic rings. The number of rotatable bonds is 4. The average molecular weight is 306 g/mol. The molecule has 3 fully saturated rings. The maximum absolute atomic E-state index is 13.1. The molecule has 0 heterocycles. The highest BCUT2D eigenvalue weighted by Crippen LogP contribution is 2.60. The van der Waals surface area contributed by atoms with E-state index < -0.39 is 5.60 Å². The summed E-state index contributed by atoms with van der Waals surface area (Å²) in [5.74, 6) is -0.208. The minimum atomic E-state index is -0.471. The Morgan fingerprint density at radius 1 is 1.27 bits per heavy atom. The molecular weight excluding hydrogens is 283 g/mol. The second-order valence-electron chi connectivity index (χ2n) is 7.70. The van der Waals surface area contributed by atoms with Crippen molar-refractivity contribution in [2.24, 2.45) is 0 Å². The van der Waals surface area contributed by atoms with Crippen molar-refractivity contribution in [2.45, 2.75) is 63.3 Å². The van der Waals surface area contributed by atoms with Crippen LogP contribution in [0.3, 0.4) is 0 Å². The Morgan fingerprint density at radius 2 is 1.95 bits per heavy atom. The molecule has 3 saturated carbocycles. The topological polar surface area (TPSA) is 50.4 Å². The van der Waals surface area contributed by atoms with Gasteiger partial charge in [-0.25, -0.2) is 9.18 Å². The number of hydrogen-bond donors (Lipinski definition) is 2. The van der Waals surface area contributed by atoms with E-state index in [9.17, 15) is 9.18 Å². The molecule has 2 N–H and O–H groups in total. The Labute approximate surface area is 130 Å². The second kappa shape index (κ2) is 4.95. The molecule has 120 valence electrons. The summed E-state index contributed by atoms with van der Waals surface area (Å²) in [6.45, 7) is 6.23. The Bertz CT molecular complexity index is 575. The molecule has 1 aromatic rings. The van der Waals surface area contributed by atoms with Crippen LogP contribution in [0, 0.1) is 5.82 Å². The molecule has 2 bridgehead atoms. The van der Waals surface area contributed by atoms with E-state index in [1.165, 1.54) is 6.07 Å². The van der Waals surface area contributed by atoms with Crippen LogP contribution in [0.25, 0.3) is 0 Å². The molecule has 22 heavy (non-hydrogen) atoms. The highest BCUT2D eigenvalue weighted by atomic mass is 19.1. The molecular formula is C17H23FN2O2. The normalized spacial score (nSPS) is 29.3. The number of nitrogens with one attached hydrogen (secondary N) is 2. The van der Waals surface area contributed by atoms with Gasteiger partial charge >= 0.3 is 6.09 Å². The minimum Gasteiger partial charge on any atom is -0.444 e. The third-order valence-corrected chi connectivity index (χ3v) is 4.35. The van der Waals surface area contributed by atoms with Crippen LogP contribution >= 0.6 is 0 Å². The maximum atomic E-state index is 13.1. The number of benzene rings is 1. The Hall–Kier alpha value is -1.62. The fourth-order valence-corrected chi connectivity index (χ4v) is 3.56. The minimum absolute atomic E-state index is 0.0985. The van der Waals surface area contributed by atoms with Crippen molar-refractivity contribution in [3.05, 3.63) is 35.6 Å². The van der Waals surface area contributed by atoms with Gasteiger partial charge in [-0.2, -0.15) is 0 Å². The van der Waals surface area contributed by atoms with Gasteiger partial charge in [0, 0.05) is 17.6 Å². The first kappa shape index (κ1) is 15.3. The zero-order valence-electron chi connectivity index (χ0n) is 13.3. The lowest BCUT2D eigenvalue weighted by atomic mass is 9.44. The van der Waals surface area contributed by atoms with Crippen molar-refractivity contribution in [3.8, 4) is 0 Å². The van der Waals surface area contributed by atoms with E-state index in [2.05, 4.69) is 10.6 Å². The highest BCUT2D eigenvalue weighted by Gasteiger charge is 2.68. The molecule has 0 atom stereocenters. The van der Waals surface area contributed by atoms with Gasteiger partial charge in [0.05, 0.1) is 0 Å². The summed E-state index contributed by atoms with van der Waals surface area (Å²) in [6.07, 6.45) is 2.39. The van der Waals surface area contributed by atoms with Gasteiger partial charge in [-0.1, -0.05) is 12.1 Å². The third kappa shape index (κ3) is 3.09. The van der Waals surface area contributed by atoms with E-state index in [1.54, 1.807) is 12.1 Å². The van der Waals surface area contributed by atoms with E-state index in [1.807, 2.05) is 26.8 Å². The lowest BCUT2D eigenvalue weighted by Crippen LogP contribution is -2.83. The number of alkyl carbamates (subject to hydrolysis) is 1. The summed E-state index contributed by atoms with van der Waals surface area (Å²) in [5.41, 5.74) is 0.471. The van der Waals surface area contributed by atoms with Crippen LogP contribution in [0.15, 0.2) is 24.3 Å². The summed E-state index contributed by atoms with van der Waals surface area (Å²) in [4.78, 5) is 11.8. The quantitative estimate of drug-likeness (QED) is 0.898. The van der Waals surface area contributed by atoms with Crippen LogP contribution in [0.5, 0.6) is 0 Å². The SMILES string of the molecule is CC(C)(C)OC(=O)NC12CC(NCc3cccc(F)c3)(C1)C2. The van der Waals surface area contributed by atoms with E-state index in [0.717, 1.165) is 24.8 Å². The largest absolute Gasteiger partial charge is 0.444 e. The van der Waals surface area contributed by atoms with Gasteiger partial charge in [-0.05, 0) is 57.7 Å². The van der Waals surface area contributed by atoms with Gasteiger partial charge in [0.1, 0.15) is 11.4 Å². The van der Waals surface area contributed by atoms with Gasteiger partial charge in [0.25, 0.3) is 0 Å². The predicted octanol–water partition coefficient (Wildman–Crippen LogP) is 3.12. The molecule has 5 heteroatoms. The summed E-state index contributed by atoms with van der Waals surface area (Å²) in [6, 6.07) is 6.63. The van der Waals surface area contributed by atoms with Crippen molar-refractivity contribution in [1.82, 2.24) is 10.6 Å². The average Bonchev–Trinajstić information content (AvgIpc) is 2.28. The third-order valence-electron chi connectivity index (χ3n) is 4.35. The van der Waals surface area contributed by atoms with Gasteiger partial charge in [0.2, 0.25) is 0 Å². The fraction of sp³-hybridized carbons (Fsp3) is 0.588. The first-order valence-electron chi connectivity index (χ1n) is 7.70. The van der Waals surface area contributed by atoms with Gasteiger partial charge in [0.15, 0.2) is 0 Å². The molecule has 0 radical (unpaired) electrons.